The fraction of sp³-hybridized carbons (Fsp3) is 0.296. The number of nitrogens with zero attached hydrogens (tertiary/aromatic N) is 3. The summed E-state index contributed by atoms with van der Waals surface area (Å²) in [5, 5.41) is 5.60. The second-order valence-corrected chi connectivity index (χ2v) is 9.93. The van der Waals surface area contributed by atoms with E-state index in [0.717, 1.165) is 5.56 Å². The average Bonchev–Trinajstić information content (AvgIpc) is 3.70. The lowest BCUT2D eigenvalue weighted by atomic mass is 10.1. The molecule has 2 aromatic heterocycles. The molecular formula is C27H27N5O5S. The minimum atomic E-state index is -0.718. The second kappa shape index (κ2) is 11.5. The van der Waals surface area contributed by atoms with Gasteiger partial charge < -0.3 is 19.5 Å². The Morgan fingerprint density at radius 1 is 1.03 bits per heavy atom. The number of fused-ring (bicyclic) bond motifs is 3. The first-order valence-electron chi connectivity index (χ1n) is 12.4. The van der Waals surface area contributed by atoms with E-state index >= 15 is 0 Å². The van der Waals surface area contributed by atoms with E-state index in [1.54, 1.807) is 36.8 Å². The number of para-hydroxylation sites is 1. The summed E-state index contributed by atoms with van der Waals surface area (Å²) in [5.41, 5.74) is 1.42. The van der Waals surface area contributed by atoms with Gasteiger partial charge in [-0.25, -0.2) is 9.89 Å². The summed E-state index contributed by atoms with van der Waals surface area (Å²) in [4.78, 5) is 49.7. The Kier molecular flexibility index (Phi) is 7.73. The molecule has 2 aliphatic rings. The maximum Gasteiger partial charge on any atom is 0.259 e. The van der Waals surface area contributed by atoms with E-state index in [1.165, 1.54) is 16.7 Å². The molecule has 10 nitrogen and oxygen atoms in total. The molecule has 2 N–H and O–H groups in total. The largest absolute Gasteiger partial charge is 0.467 e. The number of rotatable bonds is 10. The van der Waals surface area contributed by atoms with Gasteiger partial charge >= 0.3 is 0 Å². The van der Waals surface area contributed by atoms with Crippen molar-refractivity contribution in [3.63, 3.8) is 0 Å². The maximum absolute atomic E-state index is 13.5. The molecule has 0 saturated heterocycles. The molecule has 0 unspecified atom stereocenters. The van der Waals surface area contributed by atoms with Crippen molar-refractivity contribution >= 4 is 46.2 Å². The molecule has 11 heteroatoms. The van der Waals surface area contributed by atoms with Crippen molar-refractivity contribution in [1.29, 1.82) is 0 Å². The van der Waals surface area contributed by atoms with Gasteiger partial charge in [-0.3, -0.25) is 19.4 Å². The quantitative estimate of drug-likeness (QED) is 0.408. The normalized spacial score (nSPS) is 16.8. The lowest BCUT2D eigenvalue weighted by Crippen LogP contribution is -2.43. The molecule has 0 spiro atoms. The Bertz CT molecular complexity index is 1370. The van der Waals surface area contributed by atoms with Crippen molar-refractivity contribution in [1.82, 2.24) is 15.5 Å². The van der Waals surface area contributed by atoms with E-state index in [9.17, 15) is 14.4 Å². The first-order chi connectivity index (χ1) is 18.5. The van der Waals surface area contributed by atoms with Crippen LogP contribution in [0.2, 0.25) is 0 Å². The van der Waals surface area contributed by atoms with Crippen LogP contribution in [0, 0.1) is 0 Å². The lowest BCUT2D eigenvalue weighted by molar-refractivity contribution is -0.125. The van der Waals surface area contributed by atoms with Crippen molar-refractivity contribution < 1.29 is 23.2 Å². The molecule has 3 amide bonds. The smallest absolute Gasteiger partial charge is 0.259 e. The van der Waals surface area contributed by atoms with Crippen molar-refractivity contribution in [3.05, 3.63) is 78.1 Å². The van der Waals surface area contributed by atoms with Crippen molar-refractivity contribution in [2.75, 3.05) is 0 Å². The number of amides is 3. The molecule has 0 saturated carbocycles. The Labute approximate surface area is 223 Å². The zero-order chi connectivity index (χ0) is 26.5. The van der Waals surface area contributed by atoms with Crippen LogP contribution in [-0.4, -0.2) is 44.9 Å². The fourth-order valence-corrected chi connectivity index (χ4v) is 5.22. The van der Waals surface area contributed by atoms with E-state index in [1.807, 2.05) is 31.2 Å². The number of aliphatic imine (C=N–C) groups is 2. The number of thioether (sulfide) groups is 1. The molecule has 0 aliphatic carbocycles. The van der Waals surface area contributed by atoms with Gasteiger partial charge in [0.25, 0.3) is 5.91 Å². The molecule has 196 valence electrons. The van der Waals surface area contributed by atoms with E-state index < -0.39 is 11.3 Å². The molecule has 1 aromatic carbocycles. The third-order valence-electron chi connectivity index (χ3n) is 6.16. The molecule has 0 radical (unpaired) electrons. The number of benzene rings is 1. The van der Waals surface area contributed by atoms with E-state index in [4.69, 9.17) is 18.8 Å². The molecule has 4 heterocycles. The zero-order valence-electron chi connectivity index (χ0n) is 20.8. The molecule has 0 bridgehead atoms. The van der Waals surface area contributed by atoms with Crippen LogP contribution in [0.15, 0.2) is 79.9 Å². The lowest BCUT2D eigenvalue weighted by Gasteiger charge is -2.27. The van der Waals surface area contributed by atoms with Gasteiger partial charge in [0.15, 0.2) is 5.17 Å². The monoisotopic (exact) mass is 533 g/mol. The Morgan fingerprint density at radius 3 is 2.42 bits per heavy atom. The summed E-state index contributed by atoms with van der Waals surface area (Å²) in [6.45, 7) is 2.47. The van der Waals surface area contributed by atoms with Gasteiger partial charge in [-0.2, -0.15) is 0 Å². The van der Waals surface area contributed by atoms with Crippen molar-refractivity contribution in [2.45, 2.75) is 50.6 Å². The van der Waals surface area contributed by atoms with E-state index in [-0.39, 0.29) is 43.7 Å². The summed E-state index contributed by atoms with van der Waals surface area (Å²) in [5.74, 6) is 1.18. The first kappa shape index (κ1) is 25.5. The average molecular weight is 534 g/mol. The minimum Gasteiger partial charge on any atom is -0.467 e. The molecule has 38 heavy (non-hydrogen) atoms. The third kappa shape index (κ3) is 5.57. The summed E-state index contributed by atoms with van der Waals surface area (Å²) >= 11 is 1.23. The molecule has 3 aromatic rings. The van der Waals surface area contributed by atoms with Crippen LogP contribution < -0.4 is 10.6 Å². The highest BCUT2D eigenvalue weighted by molar-refractivity contribution is 8.15. The van der Waals surface area contributed by atoms with Crippen LogP contribution in [0.1, 0.15) is 43.3 Å². The summed E-state index contributed by atoms with van der Waals surface area (Å²) in [7, 11) is 0. The van der Waals surface area contributed by atoms with Gasteiger partial charge in [0.1, 0.15) is 23.4 Å². The molecular weight excluding hydrogens is 506 g/mol. The number of hydrogen-bond donors (Lipinski definition) is 2. The Morgan fingerprint density at radius 2 is 1.74 bits per heavy atom. The van der Waals surface area contributed by atoms with Crippen LogP contribution in [0.4, 0.5) is 5.69 Å². The second-order valence-electron chi connectivity index (χ2n) is 8.76. The molecule has 2 atom stereocenters. The number of nitrogens with one attached hydrogen (secondary N) is 2. The summed E-state index contributed by atoms with van der Waals surface area (Å²) in [6, 6.07) is 13.8. The van der Waals surface area contributed by atoms with Crippen LogP contribution in [0.5, 0.6) is 0 Å². The standard InChI is InChI=1S/C27H27N5O5S/c1-2-22(25(34)29-16-18-8-6-14-37-18)38-27-31-20-10-4-3-9-19(20)24-30-21(26(35)32(24)27)11-12-23(33)28-15-17-7-5-13-36-17/h3-10,13-14,21-22H,2,11-12,15-16H2,1H3,(H,28,33)(H,29,34)/t21-,22+/m0/s1. The van der Waals surface area contributed by atoms with Crippen molar-refractivity contribution in [3.8, 4) is 0 Å². The Balaban J connectivity index is 1.28. The number of hydrogen-bond acceptors (Lipinski definition) is 8. The summed E-state index contributed by atoms with van der Waals surface area (Å²) < 4.78 is 10.5. The van der Waals surface area contributed by atoms with Gasteiger partial charge in [-0.05, 0) is 49.2 Å². The van der Waals surface area contributed by atoms with Crippen molar-refractivity contribution in [2.24, 2.45) is 9.98 Å². The Hall–Kier alpha value is -4.12. The van der Waals surface area contributed by atoms with Gasteiger partial charge in [0.05, 0.1) is 36.6 Å². The van der Waals surface area contributed by atoms with Crippen LogP contribution >= 0.6 is 11.8 Å². The molecule has 0 fully saturated rings. The van der Waals surface area contributed by atoms with Gasteiger partial charge in [0.2, 0.25) is 11.8 Å². The van der Waals surface area contributed by atoms with Crippen LogP contribution in [-0.2, 0) is 27.5 Å². The highest BCUT2D eigenvalue weighted by atomic mass is 32.2. The zero-order valence-corrected chi connectivity index (χ0v) is 21.6. The highest BCUT2D eigenvalue weighted by Crippen LogP contribution is 2.35. The van der Waals surface area contributed by atoms with E-state index in [2.05, 4.69) is 10.6 Å². The van der Waals surface area contributed by atoms with Gasteiger partial charge in [-0.1, -0.05) is 30.8 Å². The fourth-order valence-electron chi connectivity index (χ4n) is 4.17. The summed E-state index contributed by atoms with van der Waals surface area (Å²) in [6.07, 6.45) is 4.02. The predicted molar refractivity (Wildman–Crippen MR) is 143 cm³/mol. The molecule has 2 aliphatic heterocycles. The number of carbonyl (C=O) groups is 3. The van der Waals surface area contributed by atoms with Gasteiger partial charge in [-0.15, -0.1) is 0 Å². The first-order valence-corrected chi connectivity index (χ1v) is 13.3. The van der Waals surface area contributed by atoms with Crippen LogP contribution in [0.25, 0.3) is 0 Å². The van der Waals surface area contributed by atoms with Gasteiger partial charge in [0, 0.05) is 12.0 Å². The minimum absolute atomic E-state index is 0.135. The topological polar surface area (TPSA) is 130 Å². The van der Waals surface area contributed by atoms with Crippen LogP contribution in [0.3, 0.4) is 0 Å². The third-order valence-corrected chi connectivity index (χ3v) is 7.48. The number of carbonyl (C=O) groups excluding carboxylic acids is 3. The highest BCUT2D eigenvalue weighted by Gasteiger charge is 2.42. The number of amidine groups is 2. The van der Waals surface area contributed by atoms with E-state index in [0.29, 0.717) is 34.6 Å². The number of furan rings is 2. The SMILES string of the molecule is CC[C@@H](SC1=Nc2ccccc2C2=N[C@@H](CCC(=O)NCc3ccco3)C(=O)N12)C(=O)NCc1ccco1. The maximum atomic E-state index is 13.5. The molecule has 5 rings (SSSR count). The predicted octanol–water partition coefficient (Wildman–Crippen LogP) is 3.76.